The maximum Gasteiger partial charge on any atom is 0.261 e. The van der Waals surface area contributed by atoms with Gasteiger partial charge in [0.05, 0.1) is 22.2 Å². The van der Waals surface area contributed by atoms with E-state index in [-0.39, 0.29) is 30.1 Å². The summed E-state index contributed by atoms with van der Waals surface area (Å²) in [5.41, 5.74) is 2.11. The number of amides is 2. The highest BCUT2D eigenvalue weighted by atomic mass is 16.3. The standard InChI is InChI=1S/C20H14N4O3/c21-11-14(18-22-15-7-3-4-8-16(15)23-18)17(25)9-10-24-19(26)12-5-1-2-6-13(12)20(24)27/h1-8,25H,9-10H2,(H,22,23)/b17-14-. The number of carbonyl (C=O) groups is 2. The quantitative estimate of drug-likeness (QED) is 0.423. The molecule has 2 N–H and O–H groups in total. The Morgan fingerprint density at radius 3 is 2.33 bits per heavy atom. The van der Waals surface area contributed by atoms with E-state index in [2.05, 4.69) is 9.97 Å². The number of nitrogens with zero attached hydrogens (tertiary/aromatic N) is 3. The minimum absolute atomic E-state index is 0.0113. The number of hydrogen-bond donors (Lipinski definition) is 2. The fraction of sp³-hybridized carbons (Fsp3) is 0.100. The number of nitrogens with one attached hydrogen (secondary N) is 1. The Balaban J connectivity index is 1.57. The number of allylic oxidation sites excluding steroid dienone is 1. The van der Waals surface area contributed by atoms with Gasteiger partial charge in [-0.3, -0.25) is 14.5 Å². The monoisotopic (exact) mass is 358 g/mol. The Morgan fingerprint density at radius 2 is 1.70 bits per heavy atom. The van der Waals surface area contributed by atoms with Gasteiger partial charge in [0.15, 0.2) is 5.82 Å². The fourth-order valence-corrected chi connectivity index (χ4v) is 3.11. The van der Waals surface area contributed by atoms with E-state index in [4.69, 9.17) is 0 Å². The Kier molecular flexibility index (Phi) is 3.94. The molecular weight excluding hydrogens is 344 g/mol. The summed E-state index contributed by atoms with van der Waals surface area (Å²) in [6.07, 6.45) is -0.0363. The number of imidazole rings is 1. The molecule has 0 aliphatic carbocycles. The number of imide groups is 1. The van der Waals surface area contributed by atoms with Crippen molar-refractivity contribution < 1.29 is 14.7 Å². The van der Waals surface area contributed by atoms with Gasteiger partial charge in [-0.2, -0.15) is 5.26 Å². The van der Waals surface area contributed by atoms with Gasteiger partial charge in [-0.05, 0) is 24.3 Å². The lowest BCUT2D eigenvalue weighted by atomic mass is 10.1. The smallest absolute Gasteiger partial charge is 0.261 e. The molecule has 2 heterocycles. The maximum absolute atomic E-state index is 12.4. The van der Waals surface area contributed by atoms with Gasteiger partial charge < -0.3 is 10.1 Å². The lowest BCUT2D eigenvalue weighted by Gasteiger charge is -2.13. The largest absolute Gasteiger partial charge is 0.511 e. The molecule has 3 aromatic rings. The Bertz CT molecular complexity index is 1090. The van der Waals surface area contributed by atoms with Crippen molar-refractivity contribution in [3.63, 3.8) is 0 Å². The van der Waals surface area contributed by atoms with Crippen LogP contribution in [0.4, 0.5) is 0 Å². The molecule has 7 heteroatoms. The summed E-state index contributed by atoms with van der Waals surface area (Å²) < 4.78 is 0. The van der Waals surface area contributed by atoms with E-state index in [1.54, 1.807) is 30.3 Å². The van der Waals surface area contributed by atoms with Crippen LogP contribution < -0.4 is 0 Å². The molecule has 2 amide bonds. The Labute approximate surface area is 154 Å². The summed E-state index contributed by atoms with van der Waals surface area (Å²) >= 11 is 0. The predicted molar refractivity (Wildman–Crippen MR) is 97.7 cm³/mol. The summed E-state index contributed by atoms with van der Waals surface area (Å²) in [6, 6.07) is 15.8. The first-order valence-electron chi connectivity index (χ1n) is 8.32. The summed E-state index contributed by atoms with van der Waals surface area (Å²) in [6.45, 7) is -0.0242. The van der Waals surface area contributed by atoms with Crippen molar-refractivity contribution in [3.8, 4) is 6.07 Å². The van der Waals surface area contributed by atoms with Crippen LogP contribution in [0.3, 0.4) is 0 Å². The molecular formula is C20H14N4O3. The first kappa shape index (κ1) is 16.5. The highest BCUT2D eigenvalue weighted by Crippen LogP contribution is 2.24. The minimum Gasteiger partial charge on any atom is -0.511 e. The SMILES string of the molecule is N#C/C(=C(/O)CCN1C(=O)c2ccccc2C1=O)c1nc2ccccc2[nH]1. The van der Waals surface area contributed by atoms with Crippen LogP contribution in [0.15, 0.2) is 54.3 Å². The number of carbonyl (C=O) groups excluding carboxylic acids is 2. The van der Waals surface area contributed by atoms with E-state index in [0.29, 0.717) is 16.6 Å². The van der Waals surface area contributed by atoms with E-state index in [9.17, 15) is 20.0 Å². The summed E-state index contributed by atoms with van der Waals surface area (Å²) in [5.74, 6) is -0.775. The number of aromatic amines is 1. The zero-order valence-corrected chi connectivity index (χ0v) is 14.1. The number of H-pyrrole nitrogens is 1. The van der Waals surface area contributed by atoms with E-state index in [0.717, 1.165) is 10.4 Å². The molecule has 0 atom stereocenters. The van der Waals surface area contributed by atoms with Crippen LogP contribution in [0.25, 0.3) is 16.6 Å². The molecule has 1 aliphatic heterocycles. The molecule has 0 unspecified atom stereocenters. The molecule has 132 valence electrons. The number of fused-ring (bicyclic) bond motifs is 2. The highest BCUT2D eigenvalue weighted by Gasteiger charge is 2.34. The Hall–Kier alpha value is -3.92. The van der Waals surface area contributed by atoms with Crippen molar-refractivity contribution in [3.05, 3.63) is 71.2 Å². The lowest BCUT2D eigenvalue weighted by molar-refractivity contribution is 0.0653. The number of aromatic nitrogens is 2. The lowest BCUT2D eigenvalue weighted by Crippen LogP contribution is -2.31. The van der Waals surface area contributed by atoms with Crippen LogP contribution in [0.2, 0.25) is 0 Å². The molecule has 0 saturated carbocycles. The van der Waals surface area contributed by atoms with Crippen molar-refractivity contribution in [2.45, 2.75) is 6.42 Å². The minimum atomic E-state index is -0.398. The summed E-state index contributed by atoms with van der Waals surface area (Å²) in [4.78, 5) is 33.1. The molecule has 1 aromatic heterocycles. The van der Waals surface area contributed by atoms with Crippen LogP contribution in [0, 0.1) is 11.3 Å². The number of hydrogen-bond acceptors (Lipinski definition) is 5. The number of para-hydroxylation sites is 2. The van der Waals surface area contributed by atoms with Crippen molar-refractivity contribution in [1.29, 1.82) is 5.26 Å². The van der Waals surface area contributed by atoms with Crippen LogP contribution in [-0.4, -0.2) is 38.3 Å². The molecule has 1 aliphatic rings. The van der Waals surface area contributed by atoms with Gasteiger partial charge in [-0.15, -0.1) is 0 Å². The first-order chi connectivity index (χ1) is 13.1. The van der Waals surface area contributed by atoms with E-state index >= 15 is 0 Å². The van der Waals surface area contributed by atoms with Gasteiger partial charge in [0.25, 0.3) is 11.8 Å². The molecule has 2 aromatic carbocycles. The number of aliphatic hydroxyl groups is 1. The Morgan fingerprint density at radius 1 is 1.07 bits per heavy atom. The second kappa shape index (κ2) is 6.42. The second-order valence-electron chi connectivity index (χ2n) is 6.09. The topological polar surface area (TPSA) is 110 Å². The molecule has 0 spiro atoms. The third-order valence-electron chi connectivity index (χ3n) is 4.48. The van der Waals surface area contributed by atoms with Crippen molar-refractivity contribution in [1.82, 2.24) is 14.9 Å². The summed E-state index contributed by atoms with van der Waals surface area (Å²) in [5, 5.41) is 19.8. The average molecular weight is 358 g/mol. The first-order valence-corrected chi connectivity index (χ1v) is 8.32. The number of benzene rings is 2. The van der Waals surface area contributed by atoms with Crippen molar-refractivity contribution >= 4 is 28.4 Å². The fourth-order valence-electron chi connectivity index (χ4n) is 3.11. The van der Waals surface area contributed by atoms with E-state index in [1.165, 1.54) is 0 Å². The van der Waals surface area contributed by atoms with Crippen molar-refractivity contribution in [2.24, 2.45) is 0 Å². The molecule has 0 bridgehead atoms. The van der Waals surface area contributed by atoms with Crippen LogP contribution in [0.5, 0.6) is 0 Å². The van der Waals surface area contributed by atoms with Gasteiger partial charge in [-0.1, -0.05) is 24.3 Å². The summed E-state index contributed by atoms with van der Waals surface area (Å²) in [7, 11) is 0. The zero-order valence-electron chi connectivity index (χ0n) is 14.1. The molecule has 0 fully saturated rings. The number of rotatable bonds is 4. The molecule has 27 heavy (non-hydrogen) atoms. The third kappa shape index (κ3) is 2.73. The maximum atomic E-state index is 12.4. The van der Waals surface area contributed by atoms with E-state index < -0.39 is 11.8 Å². The van der Waals surface area contributed by atoms with Gasteiger partial charge in [-0.25, -0.2) is 4.98 Å². The molecule has 0 saturated heterocycles. The number of nitriles is 1. The second-order valence-corrected chi connectivity index (χ2v) is 6.09. The van der Waals surface area contributed by atoms with Gasteiger partial charge in [0.1, 0.15) is 17.4 Å². The zero-order chi connectivity index (χ0) is 19.0. The van der Waals surface area contributed by atoms with Gasteiger partial charge >= 0.3 is 0 Å². The van der Waals surface area contributed by atoms with Crippen molar-refractivity contribution in [2.75, 3.05) is 6.54 Å². The normalized spacial score (nSPS) is 14.3. The van der Waals surface area contributed by atoms with Gasteiger partial charge in [0, 0.05) is 13.0 Å². The van der Waals surface area contributed by atoms with Crippen LogP contribution in [-0.2, 0) is 0 Å². The van der Waals surface area contributed by atoms with Crippen LogP contribution >= 0.6 is 0 Å². The van der Waals surface area contributed by atoms with Crippen LogP contribution in [0.1, 0.15) is 33.0 Å². The predicted octanol–water partition coefficient (Wildman–Crippen LogP) is 3.04. The molecule has 4 rings (SSSR count). The average Bonchev–Trinajstić information content (AvgIpc) is 3.21. The highest BCUT2D eigenvalue weighted by molar-refractivity contribution is 6.21. The third-order valence-corrected chi connectivity index (χ3v) is 4.48. The molecule has 7 nitrogen and oxygen atoms in total. The molecule has 0 radical (unpaired) electrons. The van der Waals surface area contributed by atoms with E-state index in [1.807, 2.05) is 24.3 Å². The number of aliphatic hydroxyl groups excluding tert-OH is 1. The van der Waals surface area contributed by atoms with Gasteiger partial charge in [0.2, 0.25) is 0 Å².